The monoisotopic (exact) mass is 418 g/mol. The van der Waals surface area contributed by atoms with E-state index in [0.29, 0.717) is 25.4 Å². The smallest absolute Gasteiger partial charge is 0.357 e. The number of rotatable bonds is 3. The second-order valence-corrected chi connectivity index (χ2v) is 8.02. The van der Waals surface area contributed by atoms with Crippen molar-refractivity contribution in [1.29, 1.82) is 0 Å². The molecule has 4 rings (SSSR count). The molecule has 6 heteroatoms. The van der Waals surface area contributed by atoms with Crippen LogP contribution in [0.3, 0.4) is 0 Å². The zero-order valence-corrected chi connectivity index (χ0v) is 17.6. The molecule has 0 radical (unpaired) electrons. The summed E-state index contributed by atoms with van der Waals surface area (Å²) in [7, 11) is 0. The highest BCUT2D eigenvalue weighted by molar-refractivity contribution is 7.09. The van der Waals surface area contributed by atoms with Gasteiger partial charge in [0.25, 0.3) is 5.91 Å². The number of ether oxygens (including phenoxy) is 1. The summed E-state index contributed by atoms with van der Waals surface area (Å²) in [5.41, 5.74) is 1.24. The van der Waals surface area contributed by atoms with E-state index in [4.69, 9.17) is 4.74 Å². The van der Waals surface area contributed by atoms with Gasteiger partial charge in [0.1, 0.15) is 0 Å². The Balaban J connectivity index is 1.38. The number of hydrogen-bond donors (Lipinski definition) is 0. The highest BCUT2D eigenvalue weighted by Crippen LogP contribution is 2.30. The van der Waals surface area contributed by atoms with Crippen molar-refractivity contribution >= 4 is 34.0 Å². The van der Waals surface area contributed by atoms with Crippen LogP contribution in [0.1, 0.15) is 46.7 Å². The van der Waals surface area contributed by atoms with Crippen LogP contribution < -0.4 is 0 Å². The Hall–Kier alpha value is -3.17. The number of carbonyl (C=O) groups excluding carboxylic acids is 2. The zero-order chi connectivity index (χ0) is 20.9. The van der Waals surface area contributed by atoms with Crippen LogP contribution in [0.2, 0.25) is 0 Å². The van der Waals surface area contributed by atoms with Crippen LogP contribution in [0.15, 0.2) is 47.8 Å². The number of hydrogen-bond acceptors (Lipinski definition) is 5. The molecule has 0 aliphatic carbocycles. The van der Waals surface area contributed by atoms with Crippen molar-refractivity contribution in [2.45, 2.75) is 25.7 Å². The Kier molecular flexibility index (Phi) is 6.10. The Bertz CT molecular complexity index is 1130. The molecule has 1 aromatic heterocycles. The van der Waals surface area contributed by atoms with Gasteiger partial charge in [0.05, 0.1) is 11.6 Å². The number of esters is 1. The van der Waals surface area contributed by atoms with Crippen molar-refractivity contribution in [1.82, 2.24) is 9.88 Å². The van der Waals surface area contributed by atoms with E-state index in [1.54, 1.807) is 17.2 Å². The molecule has 1 aliphatic heterocycles. The van der Waals surface area contributed by atoms with Crippen LogP contribution >= 0.6 is 11.3 Å². The van der Waals surface area contributed by atoms with Crippen LogP contribution in [0.4, 0.5) is 0 Å². The van der Waals surface area contributed by atoms with E-state index in [1.165, 1.54) is 11.3 Å². The van der Waals surface area contributed by atoms with Crippen molar-refractivity contribution in [3.8, 4) is 11.8 Å². The van der Waals surface area contributed by atoms with E-state index in [0.717, 1.165) is 34.2 Å². The largest absolute Gasteiger partial charge is 0.461 e. The Morgan fingerprint density at radius 3 is 2.73 bits per heavy atom. The minimum Gasteiger partial charge on any atom is -0.461 e. The molecule has 1 fully saturated rings. The summed E-state index contributed by atoms with van der Waals surface area (Å²) >= 11 is 1.49. The second kappa shape index (κ2) is 9.10. The van der Waals surface area contributed by atoms with Crippen LogP contribution in [-0.4, -0.2) is 41.5 Å². The molecule has 0 atom stereocenters. The van der Waals surface area contributed by atoms with Crippen molar-refractivity contribution in [3.05, 3.63) is 64.1 Å². The van der Waals surface area contributed by atoms with E-state index >= 15 is 0 Å². The van der Waals surface area contributed by atoms with Gasteiger partial charge < -0.3 is 9.64 Å². The van der Waals surface area contributed by atoms with Crippen molar-refractivity contribution in [2.24, 2.45) is 0 Å². The highest BCUT2D eigenvalue weighted by atomic mass is 32.1. The molecule has 1 aliphatic rings. The number of carbonyl (C=O) groups is 2. The lowest BCUT2D eigenvalue weighted by molar-refractivity contribution is -0.126. The van der Waals surface area contributed by atoms with Crippen molar-refractivity contribution in [2.75, 3.05) is 19.7 Å². The van der Waals surface area contributed by atoms with Gasteiger partial charge in [-0.1, -0.05) is 42.3 Å². The lowest BCUT2D eigenvalue weighted by Crippen LogP contribution is -2.37. The quantitative estimate of drug-likeness (QED) is 0.472. The fraction of sp³-hybridized carbons (Fsp3) is 0.292. The molecule has 2 aromatic carbocycles. The average molecular weight is 419 g/mol. The third kappa shape index (κ3) is 4.37. The van der Waals surface area contributed by atoms with Gasteiger partial charge >= 0.3 is 5.97 Å². The molecule has 2 heterocycles. The lowest BCUT2D eigenvalue weighted by atomic mass is 9.97. The summed E-state index contributed by atoms with van der Waals surface area (Å²) in [6.07, 6.45) is 1.63. The third-order valence-corrected chi connectivity index (χ3v) is 6.24. The molecule has 5 nitrogen and oxygen atoms in total. The van der Waals surface area contributed by atoms with Gasteiger partial charge in [-0.05, 0) is 36.6 Å². The second-order valence-electron chi connectivity index (χ2n) is 7.13. The van der Waals surface area contributed by atoms with Crippen LogP contribution in [0.5, 0.6) is 0 Å². The standard InChI is InChI=1S/C24H22N2O3S/c1-2-29-24(28)21-16-30-23(25-21)19-12-14-26(15-13-19)22(27)11-10-18-8-5-7-17-6-3-4-9-20(17)18/h3-9,16,19H,2,12-15H2,1H3. The van der Waals surface area contributed by atoms with Gasteiger partial charge in [0.2, 0.25) is 0 Å². The molecular formula is C24H22N2O3S. The number of benzene rings is 2. The molecule has 3 aromatic rings. The first-order chi connectivity index (χ1) is 14.7. The van der Waals surface area contributed by atoms with Gasteiger partial charge in [-0.2, -0.15) is 0 Å². The van der Waals surface area contributed by atoms with Gasteiger partial charge in [-0.15, -0.1) is 11.3 Å². The van der Waals surface area contributed by atoms with Crippen LogP contribution in [-0.2, 0) is 9.53 Å². The topological polar surface area (TPSA) is 59.5 Å². The first-order valence-electron chi connectivity index (χ1n) is 10.1. The van der Waals surface area contributed by atoms with E-state index in [2.05, 4.69) is 16.8 Å². The molecule has 152 valence electrons. The summed E-state index contributed by atoms with van der Waals surface area (Å²) in [5.74, 6) is 5.60. The summed E-state index contributed by atoms with van der Waals surface area (Å²) in [5, 5.41) is 4.86. The van der Waals surface area contributed by atoms with E-state index in [9.17, 15) is 9.59 Å². The highest BCUT2D eigenvalue weighted by Gasteiger charge is 2.26. The predicted molar refractivity (Wildman–Crippen MR) is 117 cm³/mol. The average Bonchev–Trinajstić information content (AvgIpc) is 3.28. The fourth-order valence-corrected chi connectivity index (χ4v) is 4.60. The number of amides is 1. The fourth-order valence-electron chi connectivity index (χ4n) is 3.64. The predicted octanol–water partition coefficient (Wildman–Crippen LogP) is 4.23. The molecular weight excluding hydrogens is 396 g/mol. The minimum atomic E-state index is -0.378. The van der Waals surface area contributed by atoms with E-state index in [-0.39, 0.29) is 17.8 Å². The zero-order valence-electron chi connectivity index (χ0n) is 16.8. The normalized spacial score (nSPS) is 14.2. The van der Waals surface area contributed by atoms with Gasteiger partial charge in [0, 0.05) is 35.9 Å². The summed E-state index contributed by atoms with van der Waals surface area (Å²) in [6.45, 7) is 3.40. The molecule has 0 saturated carbocycles. The maximum atomic E-state index is 12.6. The SMILES string of the molecule is CCOC(=O)c1csc(C2CCN(C(=O)C#Cc3cccc4ccccc34)CC2)n1. The van der Waals surface area contributed by atoms with Gasteiger partial charge in [-0.3, -0.25) is 4.79 Å². The number of piperidine rings is 1. The maximum Gasteiger partial charge on any atom is 0.357 e. The lowest BCUT2D eigenvalue weighted by Gasteiger charge is -2.29. The Morgan fingerprint density at radius 1 is 1.17 bits per heavy atom. The first-order valence-corrected chi connectivity index (χ1v) is 10.9. The number of likely N-dealkylation sites (tertiary alicyclic amines) is 1. The minimum absolute atomic E-state index is 0.146. The maximum absolute atomic E-state index is 12.6. The number of nitrogens with zero attached hydrogens (tertiary/aromatic N) is 2. The summed E-state index contributed by atoms with van der Waals surface area (Å²) in [4.78, 5) is 30.6. The molecule has 0 spiro atoms. The van der Waals surface area contributed by atoms with Gasteiger partial charge in [-0.25, -0.2) is 9.78 Å². The van der Waals surface area contributed by atoms with Crippen LogP contribution in [0.25, 0.3) is 10.8 Å². The molecule has 0 bridgehead atoms. The van der Waals surface area contributed by atoms with Crippen LogP contribution in [0, 0.1) is 11.8 Å². The number of fused-ring (bicyclic) bond motifs is 1. The molecule has 0 unspecified atom stereocenters. The third-order valence-electron chi connectivity index (χ3n) is 5.23. The first kappa shape index (κ1) is 20.1. The number of aromatic nitrogens is 1. The molecule has 1 saturated heterocycles. The molecule has 30 heavy (non-hydrogen) atoms. The molecule has 1 amide bonds. The molecule has 0 N–H and O–H groups in total. The summed E-state index contributed by atoms with van der Waals surface area (Å²) in [6, 6.07) is 14.0. The van der Waals surface area contributed by atoms with E-state index < -0.39 is 0 Å². The summed E-state index contributed by atoms with van der Waals surface area (Å²) < 4.78 is 5.00. The number of thiazole rings is 1. The van der Waals surface area contributed by atoms with Crippen molar-refractivity contribution in [3.63, 3.8) is 0 Å². The van der Waals surface area contributed by atoms with Gasteiger partial charge in [0.15, 0.2) is 5.69 Å². The Labute approximate surface area is 179 Å². The van der Waals surface area contributed by atoms with E-state index in [1.807, 2.05) is 42.5 Å². The Morgan fingerprint density at radius 2 is 1.93 bits per heavy atom. The van der Waals surface area contributed by atoms with Crippen molar-refractivity contribution < 1.29 is 14.3 Å².